The predicted octanol–water partition coefficient (Wildman–Crippen LogP) is 2.76. The molecule has 4 nitrogen and oxygen atoms in total. The minimum atomic E-state index is -0.822. The Morgan fingerprint density at radius 1 is 1.35 bits per heavy atom. The van der Waals surface area contributed by atoms with Gasteiger partial charge in [0.2, 0.25) is 0 Å². The lowest BCUT2D eigenvalue weighted by Crippen LogP contribution is -2.36. The summed E-state index contributed by atoms with van der Waals surface area (Å²) in [6.45, 7) is 2.12. The predicted molar refractivity (Wildman–Crippen MR) is 86.8 cm³/mol. The largest absolute Gasteiger partial charge is 0.480 e. The summed E-state index contributed by atoms with van der Waals surface area (Å²) in [6.07, 6.45) is 2.73. The van der Waals surface area contributed by atoms with E-state index in [1.54, 1.807) is 0 Å². The zero-order chi connectivity index (χ0) is 16.1. The molecule has 2 rings (SSSR count). The van der Waals surface area contributed by atoms with Gasteiger partial charge in [-0.2, -0.15) is 0 Å². The van der Waals surface area contributed by atoms with Crippen molar-refractivity contribution in [3.05, 3.63) is 35.4 Å². The number of rotatable bonds is 5. The van der Waals surface area contributed by atoms with E-state index in [2.05, 4.69) is 4.90 Å². The maximum atomic E-state index is 13.7. The van der Waals surface area contributed by atoms with Crippen molar-refractivity contribution in [2.24, 2.45) is 0 Å². The highest BCUT2D eigenvalue weighted by Crippen LogP contribution is 2.19. The fourth-order valence-corrected chi connectivity index (χ4v) is 2.97. The zero-order valence-electron chi connectivity index (χ0n) is 13.2. The first-order valence-electron chi connectivity index (χ1n) is 7.54. The van der Waals surface area contributed by atoms with E-state index in [4.69, 9.17) is 5.11 Å². The molecule has 23 heavy (non-hydrogen) atoms. The van der Waals surface area contributed by atoms with Crippen molar-refractivity contribution in [2.45, 2.75) is 31.8 Å². The first-order valence-corrected chi connectivity index (χ1v) is 7.54. The monoisotopic (exact) mass is 348 g/mol. The standard InChI is InChI=1S/C16H22F2N2O2.ClH/c1-19(11-16(21)22)14-3-2-7-20(8-6-14)10-12-4-5-13(17)9-15(12)18;/h4-5,9,14H,2-3,6-8,10-11H2,1H3,(H,21,22);1H. The Bertz CT molecular complexity index is 531. The topological polar surface area (TPSA) is 43.8 Å². The van der Waals surface area contributed by atoms with Crippen LogP contribution in [-0.4, -0.2) is 53.6 Å². The summed E-state index contributed by atoms with van der Waals surface area (Å²) < 4.78 is 26.6. The van der Waals surface area contributed by atoms with Gasteiger partial charge >= 0.3 is 5.97 Å². The normalized spacial score (nSPS) is 19.2. The van der Waals surface area contributed by atoms with Crippen LogP contribution in [0.1, 0.15) is 24.8 Å². The van der Waals surface area contributed by atoms with Gasteiger partial charge in [0.05, 0.1) is 6.54 Å². The number of hydrogen-bond donors (Lipinski definition) is 1. The van der Waals surface area contributed by atoms with Crippen molar-refractivity contribution < 1.29 is 18.7 Å². The second-order valence-electron chi connectivity index (χ2n) is 5.91. The molecule has 0 bridgehead atoms. The van der Waals surface area contributed by atoms with Gasteiger partial charge in [-0.3, -0.25) is 14.6 Å². The summed E-state index contributed by atoms with van der Waals surface area (Å²) in [5.41, 5.74) is 0.499. The molecular formula is C16H23ClF2N2O2. The van der Waals surface area contributed by atoms with Gasteiger partial charge in [0, 0.05) is 24.2 Å². The first kappa shape index (κ1) is 19.8. The Morgan fingerprint density at radius 3 is 2.74 bits per heavy atom. The Labute approximate surface area is 141 Å². The second-order valence-corrected chi connectivity index (χ2v) is 5.91. The maximum absolute atomic E-state index is 13.7. The molecule has 1 heterocycles. The third-order valence-corrected chi connectivity index (χ3v) is 4.21. The molecule has 0 radical (unpaired) electrons. The van der Waals surface area contributed by atoms with E-state index in [1.807, 2.05) is 11.9 Å². The van der Waals surface area contributed by atoms with E-state index >= 15 is 0 Å². The highest BCUT2D eigenvalue weighted by atomic mass is 35.5. The third kappa shape index (κ3) is 6.05. The first-order chi connectivity index (χ1) is 10.5. The fraction of sp³-hybridized carbons (Fsp3) is 0.562. The molecule has 1 aromatic rings. The Hall–Kier alpha value is -1.24. The summed E-state index contributed by atoms with van der Waals surface area (Å²) in [5, 5.41) is 8.86. The number of likely N-dealkylation sites (N-methyl/N-ethyl adjacent to an activating group) is 1. The molecule has 0 amide bonds. The van der Waals surface area contributed by atoms with E-state index in [0.29, 0.717) is 12.1 Å². The molecule has 130 valence electrons. The van der Waals surface area contributed by atoms with Gasteiger partial charge in [-0.15, -0.1) is 12.4 Å². The van der Waals surface area contributed by atoms with Crippen LogP contribution in [-0.2, 0) is 11.3 Å². The van der Waals surface area contributed by atoms with Crippen LogP contribution in [0, 0.1) is 11.6 Å². The lowest BCUT2D eigenvalue weighted by molar-refractivity contribution is -0.138. The van der Waals surface area contributed by atoms with Gasteiger partial charge in [-0.05, 0) is 45.5 Å². The number of halogens is 3. The van der Waals surface area contributed by atoms with Crippen LogP contribution in [0.4, 0.5) is 8.78 Å². The summed E-state index contributed by atoms with van der Waals surface area (Å²) >= 11 is 0. The number of hydrogen-bond acceptors (Lipinski definition) is 3. The molecule has 1 atom stereocenters. The van der Waals surface area contributed by atoms with Crippen molar-refractivity contribution in [2.75, 3.05) is 26.7 Å². The van der Waals surface area contributed by atoms with Gasteiger partial charge in [0.15, 0.2) is 0 Å². The van der Waals surface area contributed by atoms with Gasteiger partial charge < -0.3 is 5.11 Å². The molecule has 0 aromatic heterocycles. The van der Waals surface area contributed by atoms with Crippen LogP contribution in [0.15, 0.2) is 18.2 Å². The summed E-state index contributed by atoms with van der Waals surface area (Å²) in [7, 11) is 1.83. The van der Waals surface area contributed by atoms with Crippen LogP contribution in [0.3, 0.4) is 0 Å². The zero-order valence-corrected chi connectivity index (χ0v) is 14.0. The van der Waals surface area contributed by atoms with Crippen LogP contribution in [0.25, 0.3) is 0 Å². The molecule has 1 fully saturated rings. The van der Waals surface area contributed by atoms with E-state index in [9.17, 15) is 13.6 Å². The van der Waals surface area contributed by atoms with Crippen molar-refractivity contribution in [3.63, 3.8) is 0 Å². The molecule has 0 saturated carbocycles. The van der Waals surface area contributed by atoms with Crippen molar-refractivity contribution in [3.8, 4) is 0 Å². The highest BCUT2D eigenvalue weighted by Gasteiger charge is 2.22. The number of carbonyl (C=O) groups is 1. The SMILES string of the molecule is CN(CC(=O)O)C1CCCN(Cc2ccc(F)cc2F)CC1.Cl. The molecule has 1 aromatic carbocycles. The number of carboxylic acids is 1. The fourth-order valence-electron chi connectivity index (χ4n) is 2.97. The molecule has 1 saturated heterocycles. The van der Waals surface area contributed by atoms with Gasteiger partial charge in [0.1, 0.15) is 11.6 Å². The van der Waals surface area contributed by atoms with Crippen LogP contribution in [0.5, 0.6) is 0 Å². The molecule has 7 heteroatoms. The lowest BCUT2D eigenvalue weighted by atomic mass is 10.1. The molecular weight excluding hydrogens is 326 g/mol. The number of benzene rings is 1. The average Bonchev–Trinajstić information content (AvgIpc) is 2.67. The van der Waals surface area contributed by atoms with E-state index in [1.165, 1.54) is 12.1 Å². The third-order valence-electron chi connectivity index (χ3n) is 4.21. The molecule has 1 N–H and O–H groups in total. The summed E-state index contributed by atoms with van der Waals surface area (Å²) in [6, 6.07) is 3.92. The Balaban J connectivity index is 0.00000264. The van der Waals surface area contributed by atoms with Gasteiger partial charge in [-0.25, -0.2) is 8.78 Å². The molecule has 1 aliphatic heterocycles. The van der Waals surface area contributed by atoms with Gasteiger partial charge in [-0.1, -0.05) is 6.07 Å². The highest BCUT2D eigenvalue weighted by molar-refractivity contribution is 5.85. The van der Waals surface area contributed by atoms with Crippen LogP contribution in [0.2, 0.25) is 0 Å². The van der Waals surface area contributed by atoms with Crippen LogP contribution < -0.4 is 0 Å². The molecule has 1 aliphatic rings. The number of aliphatic carboxylic acids is 1. The molecule has 0 spiro atoms. The second kappa shape index (κ2) is 9.15. The summed E-state index contributed by atoms with van der Waals surface area (Å²) in [5.74, 6) is -1.90. The molecule has 0 aliphatic carbocycles. The quantitative estimate of drug-likeness (QED) is 0.888. The average molecular weight is 349 g/mol. The molecule has 1 unspecified atom stereocenters. The van der Waals surface area contributed by atoms with Gasteiger partial charge in [0.25, 0.3) is 0 Å². The number of likely N-dealkylation sites (tertiary alicyclic amines) is 1. The minimum absolute atomic E-state index is 0. The van der Waals surface area contributed by atoms with Crippen molar-refractivity contribution in [1.82, 2.24) is 9.80 Å². The minimum Gasteiger partial charge on any atom is -0.480 e. The smallest absolute Gasteiger partial charge is 0.317 e. The van der Waals surface area contributed by atoms with Crippen molar-refractivity contribution in [1.29, 1.82) is 0 Å². The maximum Gasteiger partial charge on any atom is 0.317 e. The van der Waals surface area contributed by atoms with E-state index in [0.717, 1.165) is 38.4 Å². The number of carboxylic acid groups (broad SMARTS) is 1. The number of nitrogens with zero attached hydrogens (tertiary/aromatic N) is 2. The van der Waals surface area contributed by atoms with E-state index < -0.39 is 17.6 Å². The lowest BCUT2D eigenvalue weighted by Gasteiger charge is -2.25. The Kier molecular flexibility index (Phi) is 7.88. The van der Waals surface area contributed by atoms with E-state index in [-0.39, 0.29) is 25.0 Å². The summed E-state index contributed by atoms with van der Waals surface area (Å²) in [4.78, 5) is 14.8. The Morgan fingerprint density at radius 2 is 2.09 bits per heavy atom. The van der Waals surface area contributed by atoms with Crippen molar-refractivity contribution >= 4 is 18.4 Å². The van der Waals surface area contributed by atoms with Crippen LogP contribution >= 0.6 is 12.4 Å².